The Bertz CT molecular complexity index is 823. The van der Waals surface area contributed by atoms with Crippen LogP contribution in [0.2, 0.25) is 5.02 Å². The Balaban J connectivity index is 1.59. The summed E-state index contributed by atoms with van der Waals surface area (Å²) in [6.45, 7) is 3.54. The molecule has 158 valence electrons. The molecular weight excluding hydrogens is 403 g/mol. The van der Waals surface area contributed by atoms with Crippen LogP contribution in [0, 0.1) is 5.82 Å². The van der Waals surface area contributed by atoms with Crippen molar-refractivity contribution in [2.24, 2.45) is 0 Å². The van der Waals surface area contributed by atoms with Crippen LogP contribution in [0.5, 0.6) is 0 Å². The summed E-state index contributed by atoms with van der Waals surface area (Å²) in [4.78, 5) is 40.2. The molecule has 3 rings (SSSR count). The zero-order chi connectivity index (χ0) is 21.2. The van der Waals surface area contributed by atoms with Gasteiger partial charge in [0.25, 0.3) is 5.91 Å². The first-order valence-corrected chi connectivity index (χ1v) is 9.75. The van der Waals surface area contributed by atoms with E-state index >= 15 is 0 Å². The van der Waals surface area contributed by atoms with Crippen molar-refractivity contribution in [2.75, 3.05) is 38.3 Å². The zero-order valence-electron chi connectivity index (χ0n) is 16.3. The van der Waals surface area contributed by atoms with Gasteiger partial charge in [0.15, 0.2) is 0 Å². The topological polar surface area (TPSA) is 91.0 Å². The minimum Gasteiger partial charge on any atom is -0.382 e. The second-order valence-corrected chi connectivity index (χ2v) is 7.81. The predicted molar refractivity (Wildman–Crippen MR) is 105 cm³/mol. The molecule has 1 aromatic carbocycles. The van der Waals surface area contributed by atoms with Gasteiger partial charge in [0.1, 0.15) is 11.4 Å². The van der Waals surface area contributed by atoms with Crippen LogP contribution in [-0.2, 0) is 14.3 Å². The zero-order valence-corrected chi connectivity index (χ0v) is 17.1. The summed E-state index contributed by atoms with van der Waals surface area (Å²) in [5.41, 5.74) is -0.417. The van der Waals surface area contributed by atoms with Gasteiger partial charge in [-0.3, -0.25) is 14.9 Å². The number of rotatable bonds is 6. The number of halogens is 2. The van der Waals surface area contributed by atoms with Gasteiger partial charge in [0, 0.05) is 44.9 Å². The fourth-order valence-electron chi connectivity index (χ4n) is 3.83. The van der Waals surface area contributed by atoms with Gasteiger partial charge < -0.3 is 19.9 Å². The van der Waals surface area contributed by atoms with Gasteiger partial charge in [-0.2, -0.15) is 0 Å². The maximum Gasteiger partial charge on any atom is 0.322 e. The summed E-state index contributed by atoms with van der Waals surface area (Å²) in [7, 11) is 1.43. The van der Waals surface area contributed by atoms with E-state index in [9.17, 15) is 18.8 Å². The van der Waals surface area contributed by atoms with Crippen LogP contribution in [0.1, 0.15) is 19.8 Å². The number of carbonyl (C=O) groups is 3. The molecule has 2 aliphatic heterocycles. The number of amides is 4. The fourth-order valence-corrected chi connectivity index (χ4v) is 4.01. The molecule has 0 saturated carbocycles. The Morgan fingerprint density at radius 3 is 2.72 bits per heavy atom. The number of nitrogens with one attached hydrogen (secondary N) is 2. The molecular formula is C19H24ClFN4O4. The second kappa shape index (κ2) is 8.54. The SMILES string of the molecule is COCC1(CCC(=O)N2CCN(c3ccc(F)c(Cl)c3)[C@@H](C)C2)NC(=O)NC1=O. The molecule has 0 radical (unpaired) electrons. The standard InChI is InChI=1S/C19H24ClFN4O4/c1-12-10-24(7-8-25(12)13-3-4-15(21)14(20)9-13)16(26)5-6-19(11-29-2)17(27)22-18(28)23-19/h3-4,9,12H,5-8,10-11H2,1-2H3,(H2,22,23,27,28)/t12-,19?/m0/s1. The van der Waals surface area contributed by atoms with Gasteiger partial charge in [-0.1, -0.05) is 11.6 Å². The van der Waals surface area contributed by atoms with Crippen molar-refractivity contribution in [3.63, 3.8) is 0 Å². The van der Waals surface area contributed by atoms with E-state index in [0.29, 0.717) is 19.6 Å². The smallest absolute Gasteiger partial charge is 0.322 e. The van der Waals surface area contributed by atoms with Crippen LogP contribution in [-0.4, -0.2) is 67.7 Å². The molecule has 2 atom stereocenters. The minimum atomic E-state index is -1.22. The van der Waals surface area contributed by atoms with E-state index in [4.69, 9.17) is 16.3 Å². The molecule has 2 fully saturated rings. The van der Waals surface area contributed by atoms with E-state index in [2.05, 4.69) is 15.5 Å². The Morgan fingerprint density at radius 1 is 1.38 bits per heavy atom. The van der Waals surface area contributed by atoms with Crippen molar-refractivity contribution in [3.05, 3.63) is 29.0 Å². The lowest BCUT2D eigenvalue weighted by atomic mass is 9.94. The molecule has 2 aliphatic rings. The van der Waals surface area contributed by atoms with Crippen molar-refractivity contribution in [2.45, 2.75) is 31.3 Å². The molecule has 2 saturated heterocycles. The maximum absolute atomic E-state index is 13.4. The molecule has 1 unspecified atom stereocenters. The van der Waals surface area contributed by atoms with Gasteiger partial charge in [-0.15, -0.1) is 0 Å². The van der Waals surface area contributed by atoms with E-state index < -0.39 is 23.3 Å². The second-order valence-electron chi connectivity index (χ2n) is 7.40. The molecule has 0 spiro atoms. The Kier molecular flexibility index (Phi) is 6.28. The van der Waals surface area contributed by atoms with Crippen LogP contribution in [0.25, 0.3) is 0 Å². The van der Waals surface area contributed by atoms with E-state index in [-0.39, 0.29) is 36.4 Å². The summed E-state index contributed by atoms with van der Waals surface area (Å²) < 4.78 is 18.5. The van der Waals surface area contributed by atoms with Crippen molar-refractivity contribution in [3.8, 4) is 0 Å². The fraction of sp³-hybridized carbons (Fsp3) is 0.526. The van der Waals surface area contributed by atoms with Crippen molar-refractivity contribution < 1.29 is 23.5 Å². The van der Waals surface area contributed by atoms with Crippen LogP contribution in [0.3, 0.4) is 0 Å². The lowest BCUT2D eigenvalue weighted by Crippen LogP contribution is -2.55. The lowest BCUT2D eigenvalue weighted by Gasteiger charge is -2.41. The van der Waals surface area contributed by atoms with Gasteiger partial charge in [-0.25, -0.2) is 9.18 Å². The highest BCUT2D eigenvalue weighted by Gasteiger charge is 2.46. The van der Waals surface area contributed by atoms with E-state index in [1.165, 1.54) is 13.2 Å². The van der Waals surface area contributed by atoms with Crippen LogP contribution in [0.4, 0.5) is 14.9 Å². The van der Waals surface area contributed by atoms with Crippen LogP contribution < -0.4 is 15.5 Å². The number of methoxy groups -OCH3 is 1. The summed E-state index contributed by atoms with van der Waals surface area (Å²) in [6, 6.07) is 4.01. The van der Waals surface area contributed by atoms with Crippen LogP contribution >= 0.6 is 11.6 Å². The molecule has 0 bridgehead atoms. The highest BCUT2D eigenvalue weighted by atomic mass is 35.5. The lowest BCUT2D eigenvalue weighted by molar-refractivity contribution is -0.133. The average Bonchev–Trinajstić information content (AvgIpc) is 2.95. The van der Waals surface area contributed by atoms with Gasteiger partial charge >= 0.3 is 6.03 Å². The van der Waals surface area contributed by atoms with Gasteiger partial charge in [0.05, 0.1) is 11.6 Å². The number of hydrogen-bond acceptors (Lipinski definition) is 5. The normalized spacial score (nSPS) is 24.5. The number of carbonyl (C=O) groups excluding carboxylic acids is 3. The summed E-state index contributed by atoms with van der Waals surface area (Å²) in [6.07, 6.45) is 0.256. The third kappa shape index (κ3) is 4.45. The van der Waals surface area contributed by atoms with Crippen LogP contribution in [0.15, 0.2) is 18.2 Å². The number of anilines is 1. The Hall–Kier alpha value is -2.39. The molecule has 0 aliphatic carbocycles. The molecule has 10 heteroatoms. The molecule has 0 aromatic heterocycles. The highest BCUT2D eigenvalue weighted by molar-refractivity contribution is 6.31. The molecule has 29 heavy (non-hydrogen) atoms. The number of hydrogen-bond donors (Lipinski definition) is 2. The van der Waals surface area contributed by atoms with Crippen molar-refractivity contribution in [1.82, 2.24) is 15.5 Å². The number of ether oxygens (including phenoxy) is 1. The van der Waals surface area contributed by atoms with Crippen molar-refractivity contribution >= 4 is 35.1 Å². The summed E-state index contributed by atoms with van der Waals surface area (Å²) in [5, 5.41) is 4.84. The minimum absolute atomic E-state index is 0.00659. The number of imide groups is 1. The first kappa shape index (κ1) is 21.3. The highest BCUT2D eigenvalue weighted by Crippen LogP contribution is 2.26. The first-order valence-electron chi connectivity index (χ1n) is 9.38. The first-order chi connectivity index (χ1) is 13.8. The average molecular weight is 427 g/mol. The Labute approximate surface area is 173 Å². The largest absolute Gasteiger partial charge is 0.382 e. The number of nitrogens with zero attached hydrogens (tertiary/aromatic N) is 2. The van der Waals surface area contributed by atoms with Gasteiger partial charge in [0.2, 0.25) is 5.91 Å². The van der Waals surface area contributed by atoms with E-state index in [1.54, 1.807) is 17.0 Å². The molecule has 2 N–H and O–H groups in total. The third-order valence-electron chi connectivity index (χ3n) is 5.39. The monoisotopic (exact) mass is 426 g/mol. The molecule has 1 aromatic rings. The third-order valence-corrected chi connectivity index (χ3v) is 5.68. The van der Waals surface area contributed by atoms with Gasteiger partial charge in [-0.05, 0) is 31.5 Å². The predicted octanol–water partition coefficient (Wildman–Crippen LogP) is 1.52. The molecule has 4 amide bonds. The quantitative estimate of drug-likeness (QED) is 0.673. The number of piperazine rings is 1. The number of urea groups is 1. The Morgan fingerprint density at radius 2 is 2.14 bits per heavy atom. The molecule has 2 heterocycles. The van der Waals surface area contributed by atoms with E-state index in [1.807, 2.05) is 6.92 Å². The van der Waals surface area contributed by atoms with E-state index in [0.717, 1.165) is 5.69 Å². The summed E-state index contributed by atoms with van der Waals surface area (Å²) in [5.74, 6) is -1.05. The number of benzene rings is 1. The molecule has 8 nitrogen and oxygen atoms in total. The van der Waals surface area contributed by atoms with Crippen molar-refractivity contribution in [1.29, 1.82) is 0 Å². The maximum atomic E-state index is 13.4. The summed E-state index contributed by atoms with van der Waals surface area (Å²) >= 11 is 5.89.